The van der Waals surface area contributed by atoms with E-state index >= 15 is 0 Å². The summed E-state index contributed by atoms with van der Waals surface area (Å²) in [5.41, 5.74) is -4.00. The fraction of sp³-hybridized carbons (Fsp3) is 0.500. The molecule has 1 aromatic carbocycles. The monoisotopic (exact) mass is 514 g/mol. The largest absolute Gasteiger partial charge is 0.426 e. The van der Waals surface area contributed by atoms with Crippen molar-refractivity contribution < 1.29 is 41.1 Å². The normalized spacial score (nSPS) is 17.2. The highest BCUT2D eigenvalue weighted by atomic mass is 35.5. The lowest BCUT2D eigenvalue weighted by atomic mass is 10.1. The van der Waals surface area contributed by atoms with Crippen LogP contribution < -0.4 is 10.6 Å². The van der Waals surface area contributed by atoms with Crippen LogP contribution in [0.5, 0.6) is 0 Å². The van der Waals surface area contributed by atoms with Gasteiger partial charge in [-0.3, -0.25) is 14.4 Å². The first-order chi connectivity index (χ1) is 15.1. The standard InChI is InChI=1S/C18H22ClF3N4O6S/c1-11(27)23-10-15(28)25-5-7-26(8-6-25)33(31,32)12-3-4-14(13(19)9-12)24-16(29)17(2,30)18(20,21)22/h3-4,9,30H,5-8,10H2,1-2H3,(H,23,27)(H,24,29). The molecule has 0 saturated carbocycles. The van der Waals surface area contributed by atoms with Gasteiger partial charge in [0, 0.05) is 33.1 Å². The molecule has 1 aliphatic heterocycles. The molecule has 1 unspecified atom stereocenters. The molecule has 1 saturated heterocycles. The maximum absolute atomic E-state index is 12.9. The molecule has 1 aliphatic rings. The van der Waals surface area contributed by atoms with Gasteiger partial charge >= 0.3 is 6.18 Å². The molecule has 15 heteroatoms. The van der Waals surface area contributed by atoms with Crippen molar-refractivity contribution in [3.63, 3.8) is 0 Å². The van der Waals surface area contributed by atoms with E-state index in [2.05, 4.69) is 5.32 Å². The van der Waals surface area contributed by atoms with Gasteiger partial charge in [-0.2, -0.15) is 17.5 Å². The quantitative estimate of drug-likeness (QED) is 0.507. The topological polar surface area (TPSA) is 136 Å². The lowest BCUT2D eigenvalue weighted by Gasteiger charge is -2.34. The highest BCUT2D eigenvalue weighted by Crippen LogP contribution is 2.33. The average Bonchev–Trinajstić information content (AvgIpc) is 2.72. The maximum atomic E-state index is 12.9. The van der Waals surface area contributed by atoms with Crippen LogP contribution in [0.3, 0.4) is 0 Å². The number of aliphatic hydroxyl groups is 1. The number of carbonyl (C=O) groups is 3. The van der Waals surface area contributed by atoms with E-state index in [0.29, 0.717) is 0 Å². The fourth-order valence-electron chi connectivity index (χ4n) is 2.77. The molecule has 3 N–H and O–H groups in total. The lowest BCUT2D eigenvalue weighted by molar-refractivity contribution is -0.242. The predicted octanol–water partition coefficient (Wildman–Crippen LogP) is 0.561. The molecule has 0 aromatic heterocycles. The lowest BCUT2D eigenvalue weighted by Crippen LogP contribution is -2.52. The Balaban J connectivity index is 2.09. The van der Waals surface area contributed by atoms with Crippen molar-refractivity contribution in [3.8, 4) is 0 Å². The van der Waals surface area contributed by atoms with E-state index in [9.17, 15) is 41.1 Å². The van der Waals surface area contributed by atoms with Crippen molar-refractivity contribution >= 4 is 45.0 Å². The van der Waals surface area contributed by atoms with E-state index < -0.39 is 27.7 Å². The number of alkyl halides is 3. The van der Waals surface area contributed by atoms with Gasteiger partial charge in [0.1, 0.15) is 0 Å². The summed E-state index contributed by atoms with van der Waals surface area (Å²) < 4.78 is 65.3. The molecule has 33 heavy (non-hydrogen) atoms. The van der Waals surface area contributed by atoms with Gasteiger partial charge in [-0.15, -0.1) is 0 Å². The molecule has 184 valence electrons. The van der Waals surface area contributed by atoms with Crippen LogP contribution in [-0.2, 0) is 24.4 Å². The highest BCUT2D eigenvalue weighted by molar-refractivity contribution is 7.89. The Labute approximate surface area is 192 Å². The van der Waals surface area contributed by atoms with Gasteiger partial charge in [0.15, 0.2) is 0 Å². The summed E-state index contributed by atoms with van der Waals surface area (Å²) >= 11 is 5.96. The summed E-state index contributed by atoms with van der Waals surface area (Å²) in [5, 5.41) is 13.3. The van der Waals surface area contributed by atoms with Crippen molar-refractivity contribution in [3.05, 3.63) is 23.2 Å². The first kappa shape index (κ1) is 26.8. The van der Waals surface area contributed by atoms with Crippen molar-refractivity contribution in [2.24, 2.45) is 0 Å². The molecule has 0 bridgehead atoms. The molecular formula is C18H22ClF3N4O6S. The third-order valence-electron chi connectivity index (χ3n) is 4.90. The van der Waals surface area contributed by atoms with Crippen LogP contribution in [0, 0.1) is 0 Å². The summed E-state index contributed by atoms with van der Waals surface area (Å²) in [6.07, 6.45) is -5.24. The van der Waals surface area contributed by atoms with E-state index in [1.165, 1.54) is 11.8 Å². The van der Waals surface area contributed by atoms with E-state index in [0.717, 1.165) is 22.5 Å². The molecule has 10 nitrogen and oxygen atoms in total. The third-order valence-corrected chi connectivity index (χ3v) is 7.11. The first-order valence-electron chi connectivity index (χ1n) is 9.50. The Bertz CT molecular complexity index is 1040. The Morgan fingerprint density at radius 3 is 2.21 bits per heavy atom. The number of sulfonamides is 1. The minimum absolute atomic E-state index is 0.0291. The van der Waals surface area contributed by atoms with Crippen LogP contribution >= 0.6 is 11.6 Å². The first-order valence-corrected chi connectivity index (χ1v) is 11.3. The van der Waals surface area contributed by atoms with E-state index in [1.807, 2.05) is 5.32 Å². The summed E-state index contributed by atoms with van der Waals surface area (Å²) in [5.74, 6) is -2.52. The van der Waals surface area contributed by atoms with Crippen molar-refractivity contribution in [1.29, 1.82) is 0 Å². The Morgan fingerprint density at radius 2 is 1.73 bits per heavy atom. The van der Waals surface area contributed by atoms with Crippen LogP contribution in [0.15, 0.2) is 23.1 Å². The van der Waals surface area contributed by atoms with Crippen LogP contribution in [0.4, 0.5) is 18.9 Å². The van der Waals surface area contributed by atoms with Gasteiger partial charge in [-0.25, -0.2) is 8.42 Å². The van der Waals surface area contributed by atoms with Gasteiger partial charge in [0.2, 0.25) is 27.4 Å². The molecule has 3 amide bonds. The maximum Gasteiger partial charge on any atom is 0.426 e. The number of hydrogen-bond acceptors (Lipinski definition) is 6. The number of hydrogen-bond donors (Lipinski definition) is 3. The second kappa shape index (κ2) is 9.83. The SMILES string of the molecule is CC(=O)NCC(=O)N1CCN(S(=O)(=O)c2ccc(NC(=O)C(C)(O)C(F)(F)F)c(Cl)c2)CC1. The third kappa shape index (κ3) is 6.13. The summed E-state index contributed by atoms with van der Waals surface area (Å²) in [6.45, 7) is 1.45. The number of amides is 3. The second-order valence-corrected chi connectivity index (χ2v) is 9.71. The number of nitrogens with one attached hydrogen (secondary N) is 2. The van der Waals surface area contributed by atoms with Crippen molar-refractivity contribution in [2.75, 3.05) is 38.0 Å². The number of nitrogens with zero attached hydrogens (tertiary/aromatic N) is 2. The Morgan fingerprint density at radius 1 is 1.15 bits per heavy atom. The van der Waals surface area contributed by atoms with Crippen LogP contribution in [0.25, 0.3) is 0 Å². The fourth-order valence-corrected chi connectivity index (χ4v) is 4.51. The van der Waals surface area contributed by atoms with Crippen LogP contribution in [0.1, 0.15) is 13.8 Å². The van der Waals surface area contributed by atoms with Crippen LogP contribution in [0.2, 0.25) is 5.02 Å². The molecular weight excluding hydrogens is 493 g/mol. The van der Waals surface area contributed by atoms with Crippen LogP contribution in [-0.4, -0.2) is 85.0 Å². The molecule has 1 fully saturated rings. The van der Waals surface area contributed by atoms with Crippen molar-refractivity contribution in [1.82, 2.24) is 14.5 Å². The van der Waals surface area contributed by atoms with Gasteiger partial charge in [0.25, 0.3) is 5.91 Å². The number of anilines is 1. The minimum atomic E-state index is -5.24. The summed E-state index contributed by atoms with van der Waals surface area (Å²) in [4.78, 5) is 35.9. The Hall–Kier alpha value is -2.42. The molecule has 0 radical (unpaired) electrons. The summed E-state index contributed by atoms with van der Waals surface area (Å²) in [7, 11) is -4.06. The zero-order chi connectivity index (χ0) is 25.2. The van der Waals surface area contributed by atoms with Gasteiger partial charge in [-0.05, 0) is 25.1 Å². The molecule has 0 spiro atoms. The number of piperazine rings is 1. The van der Waals surface area contributed by atoms with Gasteiger partial charge in [0.05, 0.1) is 22.2 Å². The van der Waals surface area contributed by atoms with Gasteiger partial charge in [-0.1, -0.05) is 11.6 Å². The molecule has 1 atom stereocenters. The molecule has 0 aliphatic carbocycles. The smallest absolute Gasteiger partial charge is 0.373 e. The Kier molecular flexibility index (Phi) is 7.99. The number of carbonyl (C=O) groups excluding carboxylic acids is 3. The minimum Gasteiger partial charge on any atom is -0.373 e. The number of halogens is 4. The molecule has 1 aromatic rings. The average molecular weight is 515 g/mol. The summed E-state index contributed by atoms with van der Waals surface area (Å²) in [6, 6.07) is 3.02. The zero-order valence-electron chi connectivity index (χ0n) is 17.6. The van der Waals surface area contributed by atoms with E-state index in [-0.39, 0.29) is 67.1 Å². The molecule has 1 heterocycles. The molecule has 2 rings (SSSR count). The second-order valence-electron chi connectivity index (χ2n) is 7.36. The highest BCUT2D eigenvalue weighted by Gasteiger charge is 2.55. The predicted molar refractivity (Wildman–Crippen MR) is 111 cm³/mol. The van der Waals surface area contributed by atoms with E-state index in [1.54, 1.807) is 0 Å². The zero-order valence-corrected chi connectivity index (χ0v) is 19.1. The number of benzene rings is 1. The van der Waals surface area contributed by atoms with Crippen molar-refractivity contribution in [2.45, 2.75) is 30.5 Å². The van der Waals surface area contributed by atoms with Gasteiger partial charge < -0.3 is 20.6 Å². The van der Waals surface area contributed by atoms with E-state index in [4.69, 9.17) is 11.6 Å². The number of rotatable bonds is 6.